The number of carbonyl (C=O) groups excluding carboxylic acids is 1. The topological polar surface area (TPSA) is 40.5 Å². The van der Waals surface area contributed by atoms with Crippen molar-refractivity contribution in [2.24, 2.45) is 0 Å². The van der Waals surface area contributed by atoms with E-state index in [2.05, 4.69) is 0 Å². The van der Waals surface area contributed by atoms with Gasteiger partial charge in [-0.1, -0.05) is 17.7 Å². The minimum atomic E-state index is -0.694. The van der Waals surface area contributed by atoms with Crippen LogP contribution in [0.1, 0.15) is 22.8 Å². The van der Waals surface area contributed by atoms with E-state index >= 15 is 0 Å². The molecule has 0 atom stereocenters. The number of benzene rings is 1. The molecule has 0 bridgehead atoms. The molecule has 1 heterocycles. The lowest BCUT2D eigenvalue weighted by molar-refractivity contribution is -0.0668. The maximum absolute atomic E-state index is 11.8. The van der Waals surface area contributed by atoms with Gasteiger partial charge in [0.05, 0.1) is 18.7 Å². The van der Waals surface area contributed by atoms with Gasteiger partial charge in [0.2, 0.25) is 0 Å². The summed E-state index contributed by atoms with van der Waals surface area (Å²) in [5, 5.41) is 9.53. The summed E-state index contributed by atoms with van der Waals surface area (Å²) in [5.74, 6) is 0.00141. The standard InChI is InChI=1S/C12H15NO2/c1-9-3-5-10(6-4-9)11(14)13-7-12(2,15)8-13/h3-6,15H,7-8H2,1-2H3. The Labute approximate surface area is 89.3 Å². The number of hydrogen-bond donors (Lipinski definition) is 1. The van der Waals surface area contributed by atoms with Gasteiger partial charge < -0.3 is 10.0 Å². The fourth-order valence-corrected chi connectivity index (χ4v) is 1.80. The molecule has 1 aromatic rings. The molecule has 0 saturated carbocycles. The van der Waals surface area contributed by atoms with E-state index in [0.717, 1.165) is 5.56 Å². The zero-order valence-corrected chi connectivity index (χ0v) is 9.03. The zero-order valence-electron chi connectivity index (χ0n) is 9.03. The Morgan fingerprint density at radius 1 is 1.33 bits per heavy atom. The van der Waals surface area contributed by atoms with Gasteiger partial charge in [-0.2, -0.15) is 0 Å². The Kier molecular flexibility index (Phi) is 2.27. The van der Waals surface area contributed by atoms with E-state index in [1.807, 2.05) is 31.2 Å². The number of likely N-dealkylation sites (tertiary alicyclic amines) is 1. The van der Waals surface area contributed by atoms with Crippen LogP contribution in [0.3, 0.4) is 0 Å². The first-order valence-corrected chi connectivity index (χ1v) is 5.06. The number of rotatable bonds is 1. The molecule has 80 valence electrons. The molecular formula is C12H15NO2. The zero-order chi connectivity index (χ0) is 11.1. The summed E-state index contributed by atoms with van der Waals surface area (Å²) >= 11 is 0. The molecule has 3 nitrogen and oxygen atoms in total. The van der Waals surface area contributed by atoms with Crippen molar-refractivity contribution in [2.45, 2.75) is 19.4 Å². The Balaban J connectivity index is 2.07. The maximum atomic E-state index is 11.8. The van der Waals surface area contributed by atoms with E-state index in [4.69, 9.17) is 0 Å². The predicted octanol–water partition coefficient (Wildman–Crippen LogP) is 1.20. The average Bonchev–Trinajstić information content (AvgIpc) is 2.14. The lowest BCUT2D eigenvalue weighted by Crippen LogP contribution is -2.61. The van der Waals surface area contributed by atoms with Crippen LogP contribution in [0.2, 0.25) is 0 Å². The Bertz CT molecular complexity index is 373. The van der Waals surface area contributed by atoms with E-state index in [-0.39, 0.29) is 5.91 Å². The SMILES string of the molecule is Cc1ccc(C(=O)N2CC(C)(O)C2)cc1. The lowest BCUT2D eigenvalue weighted by Gasteiger charge is -2.44. The molecule has 0 radical (unpaired) electrons. The summed E-state index contributed by atoms with van der Waals surface area (Å²) in [7, 11) is 0. The van der Waals surface area contributed by atoms with Gasteiger partial charge in [-0.15, -0.1) is 0 Å². The van der Waals surface area contributed by atoms with E-state index < -0.39 is 5.60 Å². The van der Waals surface area contributed by atoms with Crippen molar-refractivity contribution in [3.8, 4) is 0 Å². The van der Waals surface area contributed by atoms with Crippen LogP contribution in [0, 0.1) is 6.92 Å². The summed E-state index contributed by atoms with van der Waals surface area (Å²) in [6.45, 7) is 4.59. The number of amides is 1. The second kappa shape index (κ2) is 3.35. The van der Waals surface area contributed by atoms with Crippen molar-refractivity contribution in [3.05, 3.63) is 35.4 Å². The van der Waals surface area contributed by atoms with Crippen LogP contribution in [0.15, 0.2) is 24.3 Å². The van der Waals surface area contributed by atoms with Gasteiger partial charge >= 0.3 is 0 Å². The third kappa shape index (κ3) is 2.02. The highest BCUT2D eigenvalue weighted by atomic mass is 16.3. The highest BCUT2D eigenvalue weighted by Gasteiger charge is 2.39. The third-order valence-electron chi connectivity index (χ3n) is 2.65. The van der Waals surface area contributed by atoms with Crippen LogP contribution >= 0.6 is 0 Å². The van der Waals surface area contributed by atoms with E-state index in [1.165, 1.54) is 0 Å². The first kappa shape index (κ1) is 10.2. The number of nitrogens with zero attached hydrogens (tertiary/aromatic N) is 1. The molecule has 0 spiro atoms. The third-order valence-corrected chi connectivity index (χ3v) is 2.65. The number of carbonyl (C=O) groups is 1. The molecule has 0 aromatic heterocycles. The summed E-state index contributed by atoms with van der Waals surface area (Å²) in [4.78, 5) is 13.5. The first-order valence-electron chi connectivity index (χ1n) is 5.06. The van der Waals surface area contributed by atoms with Crippen LogP contribution in [-0.4, -0.2) is 34.6 Å². The highest BCUT2D eigenvalue weighted by Crippen LogP contribution is 2.22. The molecule has 1 aliphatic heterocycles. The molecule has 2 rings (SSSR count). The van der Waals surface area contributed by atoms with Crippen LogP contribution in [0.25, 0.3) is 0 Å². The van der Waals surface area contributed by atoms with Gasteiger partial charge in [0.1, 0.15) is 0 Å². The molecule has 3 heteroatoms. The molecule has 1 saturated heterocycles. The molecule has 0 unspecified atom stereocenters. The van der Waals surface area contributed by atoms with Crippen molar-refractivity contribution < 1.29 is 9.90 Å². The van der Waals surface area contributed by atoms with Gasteiger partial charge in [-0.3, -0.25) is 4.79 Å². The van der Waals surface area contributed by atoms with Gasteiger partial charge in [0.15, 0.2) is 0 Å². The highest BCUT2D eigenvalue weighted by molar-refractivity contribution is 5.94. The van der Waals surface area contributed by atoms with Gasteiger partial charge in [-0.25, -0.2) is 0 Å². The summed E-state index contributed by atoms with van der Waals surface area (Å²) in [6, 6.07) is 7.49. The van der Waals surface area contributed by atoms with Crippen molar-refractivity contribution in [1.82, 2.24) is 4.90 Å². The van der Waals surface area contributed by atoms with Gasteiger partial charge in [0.25, 0.3) is 5.91 Å². The smallest absolute Gasteiger partial charge is 0.254 e. The van der Waals surface area contributed by atoms with Crippen molar-refractivity contribution in [3.63, 3.8) is 0 Å². The normalized spacial score (nSPS) is 18.5. The second-order valence-corrected chi connectivity index (χ2v) is 4.52. The molecule has 1 N–H and O–H groups in total. The Hall–Kier alpha value is -1.35. The predicted molar refractivity (Wildman–Crippen MR) is 57.7 cm³/mol. The molecule has 1 aliphatic rings. The second-order valence-electron chi connectivity index (χ2n) is 4.52. The maximum Gasteiger partial charge on any atom is 0.254 e. The molecule has 1 fully saturated rings. The molecule has 0 aliphatic carbocycles. The van der Waals surface area contributed by atoms with E-state index in [1.54, 1.807) is 11.8 Å². The fourth-order valence-electron chi connectivity index (χ4n) is 1.80. The van der Waals surface area contributed by atoms with Gasteiger partial charge in [0, 0.05) is 5.56 Å². The number of aliphatic hydroxyl groups is 1. The fraction of sp³-hybridized carbons (Fsp3) is 0.417. The lowest BCUT2D eigenvalue weighted by atomic mass is 9.96. The summed E-state index contributed by atoms with van der Waals surface area (Å²) in [5.41, 5.74) is 1.14. The van der Waals surface area contributed by atoms with Crippen molar-refractivity contribution in [1.29, 1.82) is 0 Å². The molecular weight excluding hydrogens is 190 g/mol. The van der Waals surface area contributed by atoms with Crippen LogP contribution in [0.4, 0.5) is 0 Å². The van der Waals surface area contributed by atoms with E-state index in [9.17, 15) is 9.90 Å². The quantitative estimate of drug-likeness (QED) is 0.748. The minimum absolute atomic E-state index is 0.00141. The van der Waals surface area contributed by atoms with Gasteiger partial charge in [-0.05, 0) is 26.0 Å². The number of β-amino-alcohol motifs (C(OH)–C–C–N with tert-alkyl or cyclic N) is 1. The number of aryl methyl sites for hydroxylation is 1. The Morgan fingerprint density at radius 2 is 1.87 bits per heavy atom. The first-order chi connectivity index (χ1) is 6.98. The average molecular weight is 205 g/mol. The Morgan fingerprint density at radius 3 is 2.33 bits per heavy atom. The van der Waals surface area contributed by atoms with Crippen LogP contribution in [-0.2, 0) is 0 Å². The molecule has 1 amide bonds. The van der Waals surface area contributed by atoms with Crippen LogP contribution < -0.4 is 0 Å². The molecule has 15 heavy (non-hydrogen) atoms. The van der Waals surface area contributed by atoms with E-state index in [0.29, 0.717) is 18.7 Å². The molecule has 1 aromatic carbocycles. The van der Waals surface area contributed by atoms with Crippen molar-refractivity contribution >= 4 is 5.91 Å². The minimum Gasteiger partial charge on any atom is -0.386 e. The summed E-state index contributed by atoms with van der Waals surface area (Å²) in [6.07, 6.45) is 0. The van der Waals surface area contributed by atoms with Crippen molar-refractivity contribution in [2.75, 3.05) is 13.1 Å². The monoisotopic (exact) mass is 205 g/mol. The largest absolute Gasteiger partial charge is 0.386 e. The number of hydrogen-bond acceptors (Lipinski definition) is 2. The summed E-state index contributed by atoms with van der Waals surface area (Å²) < 4.78 is 0. The van der Waals surface area contributed by atoms with Crippen LogP contribution in [0.5, 0.6) is 0 Å².